The van der Waals surface area contributed by atoms with Gasteiger partial charge in [-0.2, -0.15) is 0 Å². The fourth-order valence-electron chi connectivity index (χ4n) is 1.74. The smallest absolute Gasteiger partial charge is 0.199 e. The Labute approximate surface area is 98.1 Å². The minimum atomic E-state index is 0.641. The number of benzene rings is 1. The Morgan fingerprint density at radius 3 is 3.00 bits per heavy atom. The summed E-state index contributed by atoms with van der Waals surface area (Å²) < 4.78 is 5.63. The Morgan fingerprint density at radius 1 is 1.24 bits per heavy atom. The highest BCUT2D eigenvalue weighted by atomic mass is 16.3. The molecule has 0 saturated carbocycles. The maximum Gasteiger partial charge on any atom is 0.199 e. The number of oxazole rings is 1. The first kappa shape index (κ1) is 9.84. The molecule has 0 atom stereocenters. The summed E-state index contributed by atoms with van der Waals surface area (Å²) in [5.74, 6) is 0.679. The van der Waals surface area contributed by atoms with Crippen molar-refractivity contribution in [3.63, 3.8) is 0 Å². The SMILES string of the molecule is Nc1ccc2nc(Cc3cccnc3)oc2c1. The molecule has 3 aromatic rings. The molecule has 3 rings (SSSR count). The van der Waals surface area contributed by atoms with Crippen molar-refractivity contribution >= 4 is 16.8 Å². The van der Waals surface area contributed by atoms with Crippen molar-refractivity contribution in [1.29, 1.82) is 0 Å². The maximum atomic E-state index is 5.69. The Kier molecular flexibility index (Phi) is 2.26. The van der Waals surface area contributed by atoms with Gasteiger partial charge in [0.15, 0.2) is 11.5 Å². The van der Waals surface area contributed by atoms with Gasteiger partial charge >= 0.3 is 0 Å². The lowest BCUT2D eigenvalue weighted by molar-refractivity contribution is 0.544. The van der Waals surface area contributed by atoms with Crippen LogP contribution >= 0.6 is 0 Å². The molecular formula is C13H11N3O. The normalized spacial score (nSPS) is 10.8. The molecule has 84 valence electrons. The lowest BCUT2D eigenvalue weighted by Crippen LogP contribution is -1.88. The second kappa shape index (κ2) is 3.90. The number of pyridine rings is 1. The van der Waals surface area contributed by atoms with Crippen LogP contribution in [0.25, 0.3) is 11.1 Å². The molecule has 0 unspecified atom stereocenters. The molecule has 0 aliphatic rings. The van der Waals surface area contributed by atoms with E-state index in [2.05, 4.69) is 9.97 Å². The Hall–Kier alpha value is -2.36. The highest BCUT2D eigenvalue weighted by molar-refractivity contribution is 5.76. The first-order valence-electron chi connectivity index (χ1n) is 5.35. The number of hydrogen-bond donors (Lipinski definition) is 1. The van der Waals surface area contributed by atoms with Gasteiger partial charge in [0, 0.05) is 24.1 Å². The van der Waals surface area contributed by atoms with E-state index in [1.54, 1.807) is 12.3 Å². The highest BCUT2D eigenvalue weighted by Crippen LogP contribution is 2.19. The van der Waals surface area contributed by atoms with Gasteiger partial charge in [0.1, 0.15) is 5.52 Å². The van der Waals surface area contributed by atoms with E-state index in [9.17, 15) is 0 Å². The van der Waals surface area contributed by atoms with Crippen LogP contribution in [-0.2, 0) is 6.42 Å². The van der Waals surface area contributed by atoms with Gasteiger partial charge < -0.3 is 10.2 Å². The second-order valence-corrected chi connectivity index (χ2v) is 3.87. The minimum Gasteiger partial charge on any atom is -0.440 e. The molecule has 2 heterocycles. The number of anilines is 1. The van der Waals surface area contributed by atoms with Crippen LogP contribution in [0.3, 0.4) is 0 Å². The molecule has 17 heavy (non-hydrogen) atoms. The van der Waals surface area contributed by atoms with Crippen LogP contribution in [0.4, 0.5) is 5.69 Å². The summed E-state index contributed by atoms with van der Waals surface area (Å²) in [6.45, 7) is 0. The Morgan fingerprint density at radius 2 is 2.18 bits per heavy atom. The predicted molar refractivity (Wildman–Crippen MR) is 65.5 cm³/mol. The zero-order valence-electron chi connectivity index (χ0n) is 9.13. The van der Waals surface area contributed by atoms with Crippen molar-refractivity contribution in [2.45, 2.75) is 6.42 Å². The molecule has 0 spiro atoms. The first-order valence-corrected chi connectivity index (χ1v) is 5.35. The van der Waals surface area contributed by atoms with Crippen molar-refractivity contribution < 1.29 is 4.42 Å². The van der Waals surface area contributed by atoms with Gasteiger partial charge in [0.25, 0.3) is 0 Å². The van der Waals surface area contributed by atoms with E-state index in [0.29, 0.717) is 18.0 Å². The fraction of sp³-hybridized carbons (Fsp3) is 0.0769. The van der Waals surface area contributed by atoms with Crippen LogP contribution in [-0.4, -0.2) is 9.97 Å². The largest absolute Gasteiger partial charge is 0.440 e. The summed E-state index contributed by atoms with van der Waals surface area (Å²) in [6, 6.07) is 9.36. The molecule has 2 N–H and O–H groups in total. The number of nitrogen functional groups attached to an aromatic ring is 1. The summed E-state index contributed by atoms with van der Waals surface area (Å²) >= 11 is 0. The van der Waals surface area contributed by atoms with Gasteiger partial charge in [0.2, 0.25) is 0 Å². The molecule has 0 aliphatic carbocycles. The molecule has 0 aliphatic heterocycles. The topological polar surface area (TPSA) is 64.9 Å². The van der Waals surface area contributed by atoms with Crippen molar-refractivity contribution in [1.82, 2.24) is 9.97 Å². The third-order valence-electron chi connectivity index (χ3n) is 2.53. The van der Waals surface area contributed by atoms with E-state index in [0.717, 1.165) is 16.7 Å². The lowest BCUT2D eigenvalue weighted by Gasteiger charge is -1.94. The summed E-state index contributed by atoms with van der Waals surface area (Å²) in [4.78, 5) is 8.46. The van der Waals surface area contributed by atoms with Gasteiger partial charge in [-0.05, 0) is 23.8 Å². The summed E-state index contributed by atoms with van der Waals surface area (Å²) in [6.07, 6.45) is 4.20. The van der Waals surface area contributed by atoms with Gasteiger partial charge in [-0.15, -0.1) is 0 Å². The third kappa shape index (κ3) is 1.97. The molecule has 0 radical (unpaired) electrons. The van der Waals surface area contributed by atoms with E-state index in [1.165, 1.54) is 0 Å². The molecule has 4 heteroatoms. The number of nitrogens with zero attached hydrogens (tertiary/aromatic N) is 2. The Balaban J connectivity index is 1.96. The van der Waals surface area contributed by atoms with Crippen LogP contribution in [0.1, 0.15) is 11.5 Å². The molecule has 2 aromatic heterocycles. The number of rotatable bonds is 2. The Bertz CT molecular complexity index is 646. The quantitative estimate of drug-likeness (QED) is 0.680. The van der Waals surface area contributed by atoms with Crippen LogP contribution in [0.2, 0.25) is 0 Å². The van der Waals surface area contributed by atoms with Crippen molar-refractivity contribution in [2.75, 3.05) is 5.73 Å². The zero-order chi connectivity index (χ0) is 11.7. The van der Waals surface area contributed by atoms with E-state index >= 15 is 0 Å². The van der Waals surface area contributed by atoms with Gasteiger partial charge in [0.05, 0.1) is 6.42 Å². The monoisotopic (exact) mass is 225 g/mol. The predicted octanol–water partition coefficient (Wildman–Crippen LogP) is 2.40. The summed E-state index contributed by atoms with van der Waals surface area (Å²) in [5, 5.41) is 0. The standard InChI is InChI=1S/C13H11N3O/c14-10-3-4-11-12(7-10)17-13(16-11)6-9-2-1-5-15-8-9/h1-5,7-8H,6,14H2. The molecule has 0 bridgehead atoms. The van der Waals surface area contributed by atoms with E-state index in [-0.39, 0.29) is 0 Å². The van der Waals surface area contributed by atoms with Gasteiger partial charge in [-0.25, -0.2) is 4.98 Å². The zero-order valence-corrected chi connectivity index (χ0v) is 9.13. The molecule has 0 fully saturated rings. The minimum absolute atomic E-state index is 0.641. The summed E-state index contributed by atoms with van der Waals surface area (Å²) in [7, 11) is 0. The van der Waals surface area contributed by atoms with Crippen molar-refractivity contribution in [2.24, 2.45) is 0 Å². The summed E-state index contributed by atoms with van der Waals surface area (Å²) in [5.41, 5.74) is 9.00. The fourth-order valence-corrected chi connectivity index (χ4v) is 1.74. The van der Waals surface area contributed by atoms with Crippen LogP contribution in [0, 0.1) is 0 Å². The number of fused-ring (bicyclic) bond motifs is 1. The number of hydrogen-bond acceptors (Lipinski definition) is 4. The average molecular weight is 225 g/mol. The third-order valence-corrected chi connectivity index (χ3v) is 2.53. The molecule has 1 aromatic carbocycles. The van der Waals surface area contributed by atoms with Crippen molar-refractivity contribution in [3.05, 3.63) is 54.2 Å². The van der Waals surface area contributed by atoms with Crippen LogP contribution in [0.15, 0.2) is 47.1 Å². The lowest BCUT2D eigenvalue weighted by atomic mass is 10.2. The van der Waals surface area contributed by atoms with Gasteiger partial charge in [-0.3, -0.25) is 4.98 Å². The number of aromatic nitrogens is 2. The number of nitrogens with two attached hydrogens (primary N) is 1. The molecule has 0 amide bonds. The molecule has 0 saturated heterocycles. The van der Waals surface area contributed by atoms with E-state index in [4.69, 9.17) is 10.2 Å². The second-order valence-electron chi connectivity index (χ2n) is 3.87. The maximum absolute atomic E-state index is 5.69. The van der Waals surface area contributed by atoms with Crippen molar-refractivity contribution in [3.8, 4) is 0 Å². The average Bonchev–Trinajstić information content (AvgIpc) is 2.71. The van der Waals surface area contributed by atoms with E-state index in [1.807, 2.05) is 30.5 Å². The van der Waals surface area contributed by atoms with Crippen LogP contribution in [0.5, 0.6) is 0 Å². The van der Waals surface area contributed by atoms with E-state index < -0.39 is 0 Å². The molecular weight excluding hydrogens is 214 g/mol. The van der Waals surface area contributed by atoms with Crippen LogP contribution < -0.4 is 5.73 Å². The highest BCUT2D eigenvalue weighted by Gasteiger charge is 2.06. The van der Waals surface area contributed by atoms with Gasteiger partial charge in [-0.1, -0.05) is 6.07 Å². The molecule has 4 nitrogen and oxygen atoms in total. The first-order chi connectivity index (χ1) is 8.31.